The second-order valence-corrected chi connectivity index (χ2v) is 7.42. The normalized spacial score (nSPS) is 12.4. The summed E-state index contributed by atoms with van der Waals surface area (Å²) in [5, 5.41) is 51.5. The molecular formula is C6HClFeN6. The number of hydrogen-bond donors (Lipinski definition) is 0. The minimum absolute atomic E-state index is 0. The molecule has 0 saturated heterocycles. The second-order valence-electron chi connectivity index (χ2n) is 1.80. The monoisotopic (exact) mass is 248 g/mol. The molecule has 0 aromatic carbocycles. The Morgan fingerprint density at radius 3 is 0.643 bits per heavy atom. The first-order chi connectivity index (χ1) is 5.97. The molecule has 0 unspecified atom stereocenters. The van der Waals surface area contributed by atoms with Gasteiger partial charge in [-0.15, -0.1) is 12.4 Å². The van der Waals surface area contributed by atoms with Gasteiger partial charge in [0.2, 0.25) is 0 Å². The molecule has 0 saturated carbocycles. The number of nitriles is 6. The van der Waals surface area contributed by atoms with E-state index >= 15 is 0 Å². The summed E-state index contributed by atoms with van der Waals surface area (Å²) in [6.07, 6.45) is 0. The molecule has 0 bridgehead atoms. The topological polar surface area (TPSA) is 143 Å². The van der Waals surface area contributed by atoms with E-state index in [1.165, 1.54) is 0 Å². The van der Waals surface area contributed by atoms with Gasteiger partial charge in [-0.3, -0.25) is 0 Å². The Morgan fingerprint density at radius 1 is 0.500 bits per heavy atom. The molecule has 14 heavy (non-hydrogen) atoms. The van der Waals surface area contributed by atoms with Crippen LogP contribution in [0.4, 0.5) is 0 Å². The molecular weight excluding hydrogens is 247 g/mol. The van der Waals surface area contributed by atoms with E-state index in [1.807, 2.05) is 0 Å². The Morgan fingerprint density at radius 2 is 0.643 bits per heavy atom. The number of nitrogens with zero attached hydrogens (tertiary/aromatic N) is 6. The molecule has 0 aliphatic heterocycles. The van der Waals surface area contributed by atoms with Crippen LogP contribution >= 0.6 is 12.4 Å². The molecule has 0 aromatic rings. The molecule has 0 atom stereocenters. The van der Waals surface area contributed by atoms with Gasteiger partial charge in [-0.1, -0.05) is 0 Å². The molecule has 0 N–H and O–H groups in total. The SMILES string of the molecule is Cl.N#[C][Fe]([C]#N)([C]#N)([C]#N)([C]#N)[C]#N. The summed E-state index contributed by atoms with van der Waals surface area (Å²) in [5.41, 5.74) is 0. The summed E-state index contributed by atoms with van der Waals surface area (Å²) in [6, 6.07) is 0. The molecule has 0 aliphatic rings. The van der Waals surface area contributed by atoms with Gasteiger partial charge in [-0.2, -0.15) is 0 Å². The van der Waals surface area contributed by atoms with Gasteiger partial charge >= 0.3 is 72.1 Å². The Balaban J connectivity index is 0. The van der Waals surface area contributed by atoms with Crippen molar-refractivity contribution >= 4 is 12.4 Å². The van der Waals surface area contributed by atoms with E-state index in [0.29, 0.717) is 0 Å². The summed E-state index contributed by atoms with van der Waals surface area (Å²) >= 11 is 0. The van der Waals surface area contributed by atoms with E-state index in [9.17, 15) is 0 Å². The van der Waals surface area contributed by atoms with Crippen LogP contribution in [0.3, 0.4) is 0 Å². The molecule has 70 valence electrons. The maximum atomic E-state index is 8.58. The van der Waals surface area contributed by atoms with E-state index in [0.717, 1.165) is 29.8 Å². The standard InChI is InChI=1S/6CN.ClH.Fe/c6*1-2;;/h;;;;;;1H;. The summed E-state index contributed by atoms with van der Waals surface area (Å²) in [4.78, 5) is 6.19. The third kappa shape index (κ3) is 0.969. The fourth-order valence-electron chi connectivity index (χ4n) is 0.265. The third-order valence-electron chi connectivity index (χ3n) is 1.19. The molecule has 0 rings (SSSR count). The zero-order valence-corrected chi connectivity index (χ0v) is 8.37. The zero-order valence-electron chi connectivity index (χ0n) is 6.45. The van der Waals surface area contributed by atoms with Gasteiger partial charge in [0, 0.05) is 0 Å². The van der Waals surface area contributed by atoms with Crippen molar-refractivity contribution < 1.29 is 10.7 Å². The maximum absolute atomic E-state index is 8.58. The Bertz CT molecular complexity index is 392. The van der Waals surface area contributed by atoms with Crippen molar-refractivity contribution in [1.82, 2.24) is 0 Å². The molecule has 0 amide bonds. The fraction of sp³-hybridized carbons (Fsp3) is 0. The van der Waals surface area contributed by atoms with Gasteiger partial charge in [0.25, 0.3) is 0 Å². The minimum atomic E-state index is -6.17. The summed E-state index contributed by atoms with van der Waals surface area (Å²) in [5.74, 6) is 0. The van der Waals surface area contributed by atoms with Crippen LogP contribution in [0.5, 0.6) is 0 Å². The first kappa shape index (κ1) is 14.3. The Labute approximate surface area is 84.7 Å². The van der Waals surface area contributed by atoms with Crippen molar-refractivity contribution in [1.29, 1.82) is 31.6 Å². The van der Waals surface area contributed by atoms with Crippen molar-refractivity contribution in [2.45, 2.75) is 0 Å². The molecule has 0 heterocycles. The van der Waals surface area contributed by atoms with Crippen LogP contribution in [0, 0.1) is 61.4 Å². The van der Waals surface area contributed by atoms with Crippen LogP contribution in [-0.4, -0.2) is 0 Å². The average molecular weight is 248 g/mol. The van der Waals surface area contributed by atoms with Crippen molar-refractivity contribution in [2.75, 3.05) is 0 Å². The van der Waals surface area contributed by atoms with Gasteiger partial charge < -0.3 is 0 Å². The second kappa shape index (κ2) is 2.91. The van der Waals surface area contributed by atoms with E-state index < -0.39 is 10.7 Å². The summed E-state index contributed by atoms with van der Waals surface area (Å²) in [6.45, 7) is 0. The van der Waals surface area contributed by atoms with Gasteiger partial charge in [0.05, 0.1) is 0 Å². The van der Waals surface area contributed by atoms with Crippen molar-refractivity contribution in [3.8, 4) is 29.8 Å². The van der Waals surface area contributed by atoms with Gasteiger partial charge in [0.15, 0.2) is 0 Å². The molecule has 8 heteroatoms. The van der Waals surface area contributed by atoms with Crippen LogP contribution in [0.25, 0.3) is 0 Å². The summed E-state index contributed by atoms with van der Waals surface area (Å²) in [7, 11) is -6.17. The van der Waals surface area contributed by atoms with Gasteiger partial charge in [-0.05, 0) is 0 Å². The molecule has 0 aliphatic carbocycles. The van der Waals surface area contributed by atoms with Crippen LogP contribution in [0.2, 0.25) is 0 Å². The first-order valence-electron chi connectivity index (χ1n) is 2.40. The molecule has 0 fully saturated rings. The number of halogens is 1. The van der Waals surface area contributed by atoms with Crippen LogP contribution in [-0.2, 0) is 10.7 Å². The van der Waals surface area contributed by atoms with Crippen molar-refractivity contribution in [3.63, 3.8) is 0 Å². The summed E-state index contributed by atoms with van der Waals surface area (Å²) < 4.78 is 0. The number of hydrogen-bond acceptors (Lipinski definition) is 6. The van der Waals surface area contributed by atoms with E-state index in [2.05, 4.69) is 0 Å². The fourth-order valence-corrected chi connectivity index (χ4v) is 1.09. The van der Waals surface area contributed by atoms with E-state index in [1.54, 1.807) is 0 Å². The molecule has 0 aromatic heterocycles. The quantitative estimate of drug-likeness (QED) is 0.571. The average Bonchev–Trinajstić information content (AvgIpc) is 2.26. The van der Waals surface area contributed by atoms with Crippen molar-refractivity contribution in [3.05, 3.63) is 0 Å². The zero-order chi connectivity index (χ0) is 10.7. The van der Waals surface area contributed by atoms with Gasteiger partial charge in [0.1, 0.15) is 0 Å². The van der Waals surface area contributed by atoms with Crippen LogP contribution in [0.1, 0.15) is 0 Å². The first-order valence-corrected chi connectivity index (χ1v) is 5.71. The van der Waals surface area contributed by atoms with Crippen LogP contribution in [0.15, 0.2) is 0 Å². The molecule has 0 spiro atoms. The van der Waals surface area contributed by atoms with E-state index in [4.69, 9.17) is 31.6 Å². The van der Waals surface area contributed by atoms with Crippen molar-refractivity contribution in [2.24, 2.45) is 0 Å². The number of rotatable bonds is 0. The van der Waals surface area contributed by atoms with Gasteiger partial charge in [-0.25, -0.2) is 0 Å². The predicted molar refractivity (Wildman–Crippen MR) is 40.9 cm³/mol. The van der Waals surface area contributed by atoms with E-state index in [-0.39, 0.29) is 12.4 Å². The predicted octanol–water partition coefficient (Wildman–Crippen LogP) is 0.520. The third-order valence-corrected chi connectivity index (χ3v) is 4.89. The molecule has 6 nitrogen and oxygen atoms in total. The van der Waals surface area contributed by atoms with Crippen LogP contribution < -0.4 is 0 Å². The Hall–Kier alpha value is -2.25. The Kier molecular flexibility index (Phi) is 2.97. The molecule has 0 radical (unpaired) electrons.